The second-order valence-corrected chi connectivity index (χ2v) is 7.95. The number of pyridine rings is 2. The molecule has 4 rings (SSSR count). The van der Waals surface area contributed by atoms with Crippen LogP contribution < -0.4 is 5.32 Å². The van der Waals surface area contributed by atoms with Gasteiger partial charge in [-0.05, 0) is 56.7 Å². The van der Waals surface area contributed by atoms with Crippen molar-refractivity contribution >= 4 is 23.0 Å². The van der Waals surface area contributed by atoms with Gasteiger partial charge in [0.2, 0.25) is 0 Å². The zero-order valence-electron chi connectivity index (χ0n) is 15.7. The Morgan fingerprint density at radius 1 is 1.22 bits per heavy atom. The van der Waals surface area contributed by atoms with Gasteiger partial charge in [0.15, 0.2) is 0 Å². The molecule has 0 saturated heterocycles. The van der Waals surface area contributed by atoms with Crippen molar-refractivity contribution in [3.05, 3.63) is 65.1 Å². The molecule has 27 heavy (non-hydrogen) atoms. The van der Waals surface area contributed by atoms with Crippen LogP contribution in [0.15, 0.2) is 54.6 Å². The average Bonchev–Trinajstić information content (AvgIpc) is 3.11. The summed E-state index contributed by atoms with van der Waals surface area (Å²) in [6.07, 6.45) is 6.78. The maximum absolute atomic E-state index is 5.58. The van der Waals surface area contributed by atoms with Crippen molar-refractivity contribution in [2.75, 3.05) is 11.9 Å². The standard InChI is InChI=1S/C21H22N4OS/c1-4-26-15-11-21(3,12-15)20-23-13-17(27-20)16-6-5-7-18(24-16)25-19-10-14(2)8-9-22-19/h5-11,13H,4,12H2,1-3H3,(H,22,24,25). The Morgan fingerprint density at radius 3 is 2.85 bits per heavy atom. The summed E-state index contributed by atoms with van der Waals surface area (Å²) in [5, 5.41) is 4.37. The Hall–Kier alpha value is -2.73. The Bertz CT molecular complexity index is 997. The molecule has 0 aliphatic heterocycles. The van der Waals surface area contributed by atoms with Crippen LogP contribution in [0.3, 0.4) is 0 Å². The van der Waals surface area contributed by atoms with Gasteiger partial charge in [0.1, 0.15) is 16.6 Å². The van der Waals surface area contributed by atoms with Crippen LogP contribution in [0.2, 0.25) is 0 Å². The van der Waals surface area contributed by atoms with Gasteiger partial charge in [-0.3, -0.25) is 0 Å². The van der Waals surface area contributed by atoms with Gasteiger partial charge in [-0.15, -0.1) is 11.3 Å². The fourth-order valence-electron chi connectivity index (χ4n) is 3.14. The molecule has 138 valence electrons. The van der Waals surface area contributed by atoms with Crippen LogP contribution >= 0.6 is 11.3 Å². The fourth-order valence-corrected chi connectivity index (χ4v) is 4.14. The highest BCUT2D eigenvalue weighted by Gasteiger charge is 2.37. The number of hydrogen-bond acceptors (Lipinski definition) is 6. The van der Waals surface area contributed by atoms with Gasteiger partial charge in [0, 0.05) is 24.2 Å². The molecule has 1 unspecified atom stereocenters. The van der Waals surface area contributed by atoms with Crippen molar-refractivity contribution in [1.82, 2.24) is 15.0 Å². The summed E-state index contributed by atoms with van der Waals surface area (Å²) < 4.78 is 5.58. The highest BCUT2D eigenvalue weighted by molar-refractivity contribution is 7.15. The summed E-state index contributed by atoms with van der Waals surface area (Å²) in [6.45, 7) is 6.97. The van der Waals surface area contributed by atoms with E-state index >= 15 is 0 Å². The second kappa shape index (κ2) is 7.12. The van der Waals surface area contributed by atoms with Crippen molar-refractivity contribution in [2.45, 2.75) is 32.6 Å². The largest absolute Gasteiger partial charge is 0.498 e. The van der Waals surface area contributed by atoms with E-state index in [-0.39, 0.29) is 5.41 Å². The van der Waals surface area contributed by atoms with Crippen molar-refractivity contribution < 1.29 is 4.74 Å². The van der Waals surface area contributed by atoms with E-state index in [4.69, 9.17) is 9.72 Å². The van der Waals surface area contributed by atoms with Gasteiger partial charge in [0.05, 0.1) is 22.9 Å². The predicted molar refractivity (Wildman–Crippen MR) is 109 cm³/mol. The molecule has 1 aliphatic rings. The van der Waals surface area contributed by atoms with E-state index in [2.05, 4.69) is 28.3 Å². The summed E-state index contributed by atoms with van der Waals surface area (Å²) in [7, 11) is 0. The van der Waals surface area contributed by atoms with E-state index in [1.165, 1.54) is 0 Å². The molecule has 6 heteroatoms. The lowest BCUT2D eigenvalue weighted by Crippen LogP contribution is -2.29. The van der Waals surface area contributed by atoms with E-state index in [9.17, 15) is 0 Å². The van der Waals surface area contributed by atoms with E-state index in [1.807, 2.05) is 50.4 Å². The third-order valence-corrected chi connectivity index (χ3v) is 5.82. The zero-order valence-corrected chi connectivity index (χ0v) is 16.5. The average molecular weight is 379 g/mol. The number of aryl methyl sites for hydroxylation is 1. The summed E-state index contributed by atoms with van der Waals surface area (Å²) in [6, 6.07) is 9.92. The van der Waals surface area contributed by atoms with Crippen LogP contribution in [0, 0.1) is 6.92 Å². The topological polar surface area (TPSA) is 59.9 Å². The van der Waals surface area contributed by atoms with E-state index < -0.39 is 0 Å². The molecule has 1 N–H and O–H groups in total. The van der Waals surface area contributed by atoms with Crippen molar-refractivity contribution in [2.24, 2.45) is 0 Å². The normalized spacial score (nSPS) is 18.6. The third-order valence-electron chi connectivity index (χ3n) is 4.52. The lowest BCUT2D eigenvalue weighted by atomic mass is 9.77. The van der Waals surface area contributed by atoms with E-state index in [1.54, 1.807) is 17.5 Å². The minimum absolute atomic E-state index is 0.0330. The summed E-state index contributed by atoms with van der Waals surface area (Å²) in [5.74, 6) is 2.63. The molecule has 0 radical (unpaired) electrons. The van der Waals surface area contributed by atoms with Gasteiger partial charge >= 0.3 is 0 Å². The maximum atomic E-state index is 5.58. The highest BCUT2D eigenvalue weighted by atomic mass is 32.1. The van der Waals surface area contributed by atoms with Crippen LogP contribution in [0.1, 0.15) is 30.8 Å². The van der Waals surface area contributed by atoms with Gasteiger partial charge in [-0.25, -0.2) is 15.0 Å². The number of nitrogens with one attached hydrogen (secondary N) is 1. The molecular formula is C21H22N4OS. The smallest absolute Gasteiger partial charge is 0.132 e. The number of aromatic nitrogens is 3. The molecule has 0 bridgehead atoms. The zero-order chi connectivity index (χ0) is 18.9. The molecule has 3 heterocycles. The summed E-state index contributed by atoms with van der Waals surface area (Å²) in [4.78, 5) is 14.8. The van der Waals surface area contributed by atoms with Crippen LogP contribution in [-0.2, 0) is 10.2 Å². The van der Waals surface area contributed by atoms with Crippen molar-refractivity contribution in [3.8, 4) is 10.6 Å². The Labute approximate surface area is 163 Å². The summed E-state index contributed by atoms with van der Waals surface area (Å²) >= 11 is 1.69. The van der Waals surface area contributed by atoms with Crippen LogP contribution in [0.5, 0.6) is 0 Å². The highest BCUT2D eigenvalue weighted by Crippen LogP contribution is 2.44. The lowest BCUT2D eigenvalue weighted by Gasteiger charge is -2.33. The SMILES string of the molecule is CCOC1=CC(C)(c2ncc(-c3cccc(Nc4cc(C)ccn4)n3)s2)C1. The quantitative estimate of drug-likeness (QED) is 0.636. The van der Waals surface area contributed by atoms with Gasteiger partial charge in [0.25, 0.3) is 0 Å². The van der Waals surface area contributed by atoms with E-state index in [0.29, 0.717) is 6.61 Å². The Morgan fingerprint density at radius 2 is 2.07 bits per heavy atom. The van der Waals surface area contributed by atoms with Crippen LogP contribution in [0.4, 0.5) is 11.6 Å². The molecule has 0 saturated carbocycles. The minimum Gasteiger partial charge on any atom is -0.498 e. The monoisotopic (exact) mass is 378 g/mol. The van der Waals surface area contributed by atoms with Crippen LogP contribution in [-0.4, -0.2) is 21.6 Å². The third kappa shape index (κ3) is 3.71. The predicted octanol–water partition coefficient (Wildman–Crippen LogP) is 5.23. The van der Waals surface area contributed by atoms with Gasteiger partial charge < -0.3 is 10.1 Å². The molecular weight excluding hydrogens is 356 g/mol. The molecule has 1 aliphatic carbocycles. The fraction of sp³-hybridized carbons (Fsp3) is 0.286. The van der Waals surface area contributed by atoms with Crippen molar-refractivity contribution in [1.29, 1.82) is 0 Å². The molecule has 0 aromatic carbocycles. The maximum Gasteiger partial charge on any atom is 0.132 e. The molecule has 0 amide bonds. The Balaban J connectivity index is 1.54. The Kier molecular flexibility index (Phi) is 4.66. The van der Waals surface area contributed by atoms with Gasteiger partial charge in [-0.2, -0.15) is 0 Å². The van der Waals surface area contributed by atoms with Crippen molar-refractivity contribution in [3.63, 3.8) is 0 Å². The van der Waals surface area contributed by atoms with Crippen LogP contribution in [0.25, 0.3) is 10.6 Å². The number of ether oxygens (including phenoxy) is 1. The molecule has 3 aromatic rings. The number of rotatable bonds is 6. The first-order chi connectivity index (χ1) is 13.1. The molecule has 5 nitrogen and oxygen atoms in total. The number of allylic oxidation sites excluding steroid dienone is 2. The molecule has 3 aromatic heterocycles. The number of anilines is 2. The summed E-state index contributed by atoms with van der Waals surface area (Å²) in [5.41, 5.74) is 2.03. The lowest BCUT2D eigenvalue weighted by molar-refractivity contribution is 0.181. The van der Waals surface area contributed by atoms with Gasteiger partial charge in [-0.1, -0.05) is 6.07 Å². The van der Waals surface area contributed by atoms with E-state index in [0.717, 1.165) is 45.0 Å². The number of nitrogens with zero attached hydrogens (tertiary/aromatic N) is 3. The first-order valence-electron chi connectivity index (χ1n) is 9.04. The number of thiazole rings is 1. The number of hydrogen-bond donors (Lipinski definition) is 1. The molecule has 1 atom stereocenters. The minimum atomic E-state index is -0.0330. The first-order valence-corrected chi connectivity index (χ1v) is 9.85. The molecule has 0 fully saturated rings. The second-order valence-electron chi connectivity index (χ2n) is 6.92. The molecule has 0 spiro atoms. The first kappa shape index (κ1) is 17.7.